The van der Waals surface area contributed by atoms with Crippen LogP contribution in [0, 0.1) is 0 Å². The molecule has 0 amide bonds. The van der Waals surface area contributed by atoms with E-state index in [0.29, 0.717) is 18.4 Å². The molecule has 19 heavy (non-hydrogen) atoms. The van der Waals surface area contributed by atoms with Gasteiger partial charge in [0.1, 0.15) is 0 Å². The number of benzene rings is 1. The second-order valence-corrected chi connectivity index (χ2v) is 4.70. The minimum Gasteiger partial charge on any atom is -0.481 e. The maximum Gasteiger partial charge on any atom is 0.303 e. The number of carboxylic acid groups (broad SMARTS) is 1. The fourth-order valence-corrected chi connectivity index (χ4v) is 1.86. The number of Topliss-reactive ketones (excluding diaryl/α,β-unsaturated/α-hetero) is 1. The summed E-state index contributed by atoms with van der Waals surface area (Å²) in [5.41, 5.74) is 7.36. The van der Waals surface area contributed by atoms with Crippen molar-refractivity contribution in [1.82, 2.24) is 0 Å². The second-order valence-electron chi connectivity index (χ2n) is 4.70. The molecule has 0 fully saturated rings. The Balaban J connectivity index is 2.59. The highest BCUT2D eigenvalue weighted by Gasteiger charge is 2.14. The van der Waals surface area contributed by atoms with Crippen LogP contribution in [0.2, 0.25) is 0 Å². The van der Waals surface area contributed by atoms with Crippen LogP contribution in [0.5, 0.6) is 0 Å². The van der Waals surface area contributed by atoms with Crippen LogP contribution in [0.25, 0.3) is 0 Å². The van der Waals surface area contributed by atoms with Crippen molar-refractivity contribution in [3.63, 3.8) is 0 Å². The van der Waals surface area contributed by atoms with Gasteiger partial charge in [0.15, 0.2) is 5.78 Å². The van der Waals surface area contributed by atoms with Crippen molar-refractivity contribution in [2.75, 3.05) is 0 Å². The normalized spacial score (nSPS) is 12.1. The fraction of sp³-hybridized carbons (Fsp3) is 0.467. The highest BCUT2D eigenvalue weighted by molar-refractivity contribution is 5.99. The average Bonchev–Trinajstić information content (AvgIpc) is 2.42. The number of ketones is 1. The largest absolute Gasteiger partial charge is 0.481 e. The van der Waals surface area contributed by atoms with Gasteiger partial charge in [-0.2, -0.15) is 0 Å². The third kappa shape index (κ3) is 5.22. The van der Waals surface area contributed by atoms with Gasteiger partial charge in [-0.1, -0.05) is 44.0 Å². The number of carbonyl (C=O) groups is 2. The molecule has 1 atom stereocenters. The van der Waals surface area contributed by atoms with Gasteiger partial charge >= 0.3 is 5.97 Å². The predicted octanol–water partition coefficient (Wildman–Crippen LogP) is 2.40. The number of hydrogen-bond acceptors (Lipinski definition) is 3. The molecule has 1 unspecified atom stereocenters. The van der Waals surface area contributed by atoms with E-state index in [1.165, 1.54) is 0 Å². The molecule has 0 aliphatic heterocycles. The summed E-state index contributed by atoms with van der Waals surface area (Å²) in [6, 6.07) is 6.60. The van der Waals surface area contributed by atoms with Crippen molar-refractivity contribution in [3.8, 4) is 0 Å². The molecule has 1 aromatic carbocycles. The molecule has 0 saturated carbocycles. The average molecular weight is 263 g/mol. The Hall–Kier alpha value is -1.68. The third-order valence-corrected chi connectivity index (χ3v) is 3.07. The van der Waals surface area contributed by atoms with E-state index in [0.717, 1.165) is 18.4 Å². The molecule has 4 heteroatoms. The Labute approximate surface area is 113 Å². The van der Waals surface area contributed by atoms with E-state index in [2.05, 4.69) is 6.92 Å². The van der Waals surface area contributed by atoms with E-state index in [9.17, 15) is 9.59 Å². The number of unbranched alkanes of at least 4 members (excludes halogenated alkanes) is 1. The zero-order valence-corrected chi connectivity index (χ0v) is 11.3. The van der Waals surface area contributed by atoms with E-state index < -0.39 is 12.0 Å². The van der Waals surface area contributed by atoms with Crippen molar-refractivity contribution in [3.05, 3.63) is 35.4 Å². The molecule has 4 nitrogen and oxygen atoms in total. The van der Waals surface area contributed by atoms with E-state index >= 15 is 0 Å². The summed E-state index contributed by atoms with van der Waals surface area (Å²) in [6.07, 6.45) is 3.25. The van der Waals surface area contributed by atoms with Gasteiger partial charge in [-0.25, -0.2) is 0 Å². The molecule has 0 aliphatic carbocycles. The van der Waals surface area contributed by atoms with Crippen LogP contribution in [0.1, 0.15) is 48.5 Å². The van der Waals surface area contributed by atoms with Gasteiger partial charge in [0.25, 0.3) is 0 Å². The van der Waals surface area contributed by atoms with Gasteiger partial charge in [0.2, 0.25) is 0 Å². The van der Waals surface area contributed by atoms with Gasteiger partial charge in [0.05, 0.1) is 6.04 Å². The molecular weight excluding hydrogens is 242 g/mol. The van der Waals surface area contributed by atoms with Crippen molar-refractivity contribution >= 4 is 11.8 Å². The smallest absolute Gasteiger partial charge is 0.303 e. The zero-order chi connectivity index (χ0) is 14.3. The van der Waals surface area contributed by atoms with E-state index in [4.69, 9.17) is 10.8 Å². The first-order chi connectivity index (χ1) is 9.04. The molecule has 0 bridgehead atoms. The SMILES string of the molecule is CCCCC(N)C(=O)c1ccc(CCC(=O)O)cc1. The van der Waals surface area contributed by atoms with Crippen molar-refractivity contribution in [2.45, 2.75) is 45.1 Å². The van der Waals surface area contributed by atoms with Gasteiger partial charge < -0.3 is 10.8 Å². The lowest BCUT2D eigenvalue weighted by molar-refractivity contribution is -0.136. The summed E-state index contributed by atoms with van der Waals surface area (Å²) in [7, 11) is 0. The zero-order valence-electron chi connectivity index (χ0n) is 11.3. The molecule has 0 aromatic heterocycles. The van der Waals surface area contributed by atoms with Crippen molar-refractivity contribution < 1.29 is 14.7 Å². The van der Waals surface area contributed by atoms with Crippen LogP contribution >= 0.6 is 0 Å². The molecule has 1 rings (SSSR count). The molecular formula is C15H21NO3. The van der Waals surface area contributed by atoms with E-state index in [-0.39, 0.29) is 12.2 Å². The van der Waals surface area contributed by atoms with Crippen LogP contribution in [0.15, 0.2) is 24.3 Å². The van der Waals surface area contributed by atoms with E-state index in [1.54, 1.807) is 24.3 Å². The van der Waals surface area contributed by atoms with Gasteiger partial charge in [-0.05, 0) is 18.4 Å². The number of carbonyl (C=O) groups excluding carboxylic acids is 1. The number of nitrogens with two attached hydrogens (primary N) is 1. The van der Waals surface area contributed by atoms with Gasteiger partial charge in [-0.15, -0.1) is 0 Å². The monoisotopic (exact) mass is 263 g/mol. The highest BCUT2D eigenvalue weighted by atomic mass is 16.4. The summed E-state index contributed by atoms with van der Waals surface area (Å²) in [5.74, 6) is -0.861. The summed E-state index contributed by atoms with van der Waals surface area (Å²) >= 11 is 0. The van der Waals surface area contributed by atoms with Crippen molar-refractivity contribution in [2.24, 2.45) is 5.73 Å². The fourth-order valence-electron chi connectivity index (χ4n) is 1.86. The lowest BCUT2D eigenvalue weighted by Gasteiger charge is -2.10. The summed E-state index contributed by atoms with van der Waals surface area (Å²) in [4.78, 5) is 22.5. The molecule has 0 aliphatic rings. The Kier molecular flexibility index (Phi) is 6.22. The standard InChI is InChI=1S/C15H21NO3/c1-2-3-4-13(16)15(19)12-8-5-11(6-9-12)7-10-14(17)18/h5-6,8-9,13H,2-4,7,10,16H2,1H3,(H,17,18). The second kappa shape index (κ2) is 7.69. The number of aryl methyl sites for hydroxylation is 1. The molecule has 0 radical (unpaired) electrons. The molecule has 104 valence electrons. The van der Waals surface area contributed by atoms with Crippen LogP contribution in [-0.2, 0) is 11.2 Å². The Bertz CT molecular complexity index is 426. The summed E-state index contributed by atoms with van der Waals surface area (Å²) in [5, 5.41) is 8.60. The third-order valence-electron chi connectivity index (χ3n) is 3.07. The lowest BCUT2D eigenvalue weighted by atomic mass is 9.98. The topological polar surface area (TPSA) is 80.4 Å². The summed E-state index contributed by atoms with van der Waals surface area (Å²) in [6.45, 7) is 2.06. The molecule has 0 spiro atoms. The highest BCUT2D eigenvalue weighted by Crippen LogP contribution is 2.11. The van der Waals surface area contributed by atoms with Crippen LogP contribution < -0.4 is 5.73 Å². The first-order valence-corrected chi connectivity index (χ1v) is 6.65. The van der Waals surface area contributed by atoms with Crippen molar-refractivity contribution in [1.29, 1.82) is 0 Å². The lowest BCUT2D eigenvalue weighted by Crippen LogP contribution is -2.30. The minimum absolute atomic E-state index is 0.0433. The Morgan fingerprint density at radius 3 is 2.42 bits per heavy atom. The number of rotatable bonds is 8. The number of hydrogen-bond donors (Lipinski definition) is 2. The Morgan fingerprint density at radius 1 is 1.26 bits per heavy atom. The minimum atomic E-state index is -0.818. The first-order valence-electron chi connectivity index (χ1n) is 6.65. The molecule has 0 saturated heterocycles. The predicted molar refractivity (Wildman–Crippen MR) is 74.2 cm³/mol. The van der Waals surface area contributed by atoms with E-state index in [1.807, 2.05) is 0 Å². The van der Waals surface area contributed by atoms with Crippen LogP contribution in [-0.4, -0.2) is 22.9 Å². The van der Waals surface area contributed by atoms with Gasteiger partial charge in [0, 0.05) is 12.0 Å². The van der Waals surface area contributed by atoms with Crippen LogP contribution in [0.3, 0.4) is 0 Å². The molecule has 0 heterocycles. The molecule has 3 N–H and O–H groups in total. The Morgan fingerprint density at radius 2 is 1.89 bits per heavy atom. The van der Waals surface area contributed by atoms with Crippen LogP contribution in [0.4, 0.5) is 0 Å². The summed E-state index contributed by atoms with van der Waals surface area (Å²) < 4.78 is 0. The quantitative estimate of drug-likeness (QED) is 0.706. The van der Waals surface area contributed by atoms with Gasteiger partial charge in [-0.3, -0.25) is 9.59 Å². The number of aliphatic carboxylic acids is 1. The number of carboxylic acids is 1. The maximum atomic E-state index is 12.0. The molecule has 1 aromatic rings. The first kappa shape index (κ1) is 15.4. The maximum absolute atomic E-state index is 12.0.